The molecule has 1 saturated carbocycles. The number of nitrogens with two attached hydrogens (primary N) is 1. The first-order valence-corrected chi connectivity index (χ1v) is 5.84. The maximum atomic E-state index is 14.1. The van der Waals surface area contributed by atoms with Crippen LogP contribution in [0.5, 0.6) is 0 Å². The van der Waals surface area contributed by atoms with E-state index in [2.05, 4.69) is 0 Å². The second kappa shape index (κ2) is 4.40. The molecule has 0 amide bonds. The molecule has 0 aliphatic heterocycles. The van der Waals surface area contributed by atoms with Crippen molar-refractivity contribution in [3.8, 4) is 0 Å². The van der Waals surface area contributed by atoms with Gasteiger partial charge in [0.25, 0.3) is 5.92 Å². The quantitative estimate of drug-likeness (QED) is 0.758. The van der Waals surface area contributed by atoms with Gasteiger partial charge in [-0.1, -0.05) is 31.4 Å². The third-order valence-corrected chi connectivity index (χ3v) is 3.41. The predicted octanol–water partition coefficient (Wildman–Crippen LogP) is 3.94. The summed E-state index contributed by atoms with van der Waals surface area (Å²) in [7, 11) is 0. The summed E-state index contributed by atoms with van der Waals surface area (Å²) < 4.78 is 28.3. The summed E-state index contributed by atoms with van der Waals surface area (Å²) in [5.74, 6) is -3.20. The maximum absolute atomic E-state index is 14.1. The van der Waals surface area contributed by atoms with Gasteiger partial charge in [-0.3, -0.25) is 0 Å². The van der Waals surface area contributed by atoms with E-state index in [4.69, 9.17) is 5.73 Å². The Hall–Kier alpha value is -1.12. The monoisotopic (exact) mass is 225 g/mol. The van der Waals surface area contributed by atoms with Crippen molar-refractivity contribution in [3.63, 3.8) is 0 Å². The SMILES string of the molecule is Nc1ccc(C(F)(F)C2CCCCC2)cc1. The van der Waals surface area contributed by atoms with Crippen LogP contribution in [0.2, 0.25) is 0 Å². The van der Waals surface area contributed by atoms with Gasteiger partial charge in [0.1, 0.15) is 0 Å². The van der Waals surface area contributed by atoms with Crippen molar-refractivity contribution >= 4 is 5.69 Å². The molecule has 1 aromatic rings. The zero-order chi connectivity index (χ0) is 11.6. The molecule has 88 valence electrons. The van der Waals surface area contributed by atoms with Gasteiger partial charge >= 0.3 is 0 Å². The number of benzene rings is 1. The molecule has 0 spiro atoms. The lowest BCUT2D eigenvalue weighted by atomic mass is 9.82. The van der Waals surface area contributed by atoms with Crippen molar-refractivity contribution in [3.05, 3.63) is 29.8 Å². The van der Waals surface area contributed by atoms with Crippen LogP contribution in [-0.4, -0.2) is 0 Å². The van der Waals surface area contributed by atoms with Gasteiger partial charge in [-0.05, 0) is 25.0 Å². The number of nitrogen functional groups attached to an aromatic ring is 1. The van der Waals surface area contributed by atoms with E-state index in [0.29, 0.717) is 18.5 Å². The molecule has 0 radical (unpaired) electrons. The summed E-state index contributed by atoms with van der Waals surface area (Å²) >= 11 is 0. The van der Waals surface area contributed by atoms with Crippen LogP contribution < -0.4 is 5.73 Å². The van der Waals surface area contributed by atoms with Crippen molar-refractivity contribution in [1.29, 1.82) is 0 Å². The smallest absolute Gasteiger partial charge is 0.276 e. The molecule has 0 heterocycles. The van der Waals surface area contributed by atoms with Crippen molar-refractivity contribution in [2.45, 2.75) is 38.0 Å². The van der Waals surface area contributed by atoms with Gasteiger partial charge in [-0.25, -0.2) is 8.78 Å². The van der Waals surface area contributed by atoms with E-state index >= 15 is 0 Å². The lowest BCUT2D eigenvalue weighted by molar-refractivity contribution is -0.0777. The summed E-state index contributed by atoms with van der Waals surface area (Å²) in [6, 6.07) is 5.99. The Labute approximate surface area is 94.7 Å². The summed E-state index contributed by atoms with van der Waals surface area (Å²) in [4.78, 5) is 0. The molecular formula is C13H17F2N. The first-order chi connectivity index (χ1) is 7.60. The van der Waals surface area contributed by atoms with Crippen LogP contribution in [0.25, 0.3) is 0 Å². The predicted molar refractivity (Wildman–Crippen MR) is 61.3 cm³/mol. The van der Waals surface area contributed by atoms with Crippen molar-refractivity contribution in [2.75, 3.05) is 5.73 Å². The fourth-order valence-electron chi connectivity index (χ4n) is 2.41. The number of halogens is 2. The van der Waals surface area contributed by atoms with E-state index < -0.39 is 11.8 Å². The summed E-state index contributed by atoms with van der Waals surface area (Å²) in [5.41, 5.74) is 6.14. The highest BCUT2D eigenvalue weighted by atomic mass is 19.3. The van der Waals surface area contributed by atoms with Crippen molar-refractivity contribution < 1.29 is 8.78 Å². The second-order valence-electron chi connectivity index (χ2n) is 4.58. The number of hydrogen-bond donors (Lipinski definition) is 1. The zero-order valence-electron chi connectivity index (χ0n) is 9.26. The minimum absolute atomic E-state index is 0.105. The minimum atomic E-state index is -2.70. The van der Waals surface area contributed by atoms with E-state index in [1.807, 2.05) is 0 Å². The molecule has 2 rings (SSSR count). The molecule has 2 N–H and O–H groups in total. The molecule has 0 bridgehead atoms. The summed E-state index contributed by atoms with van der Waals surface area (Å²) in [6.07, 6.45) is 4.22. The molecule has 1 fully saturated rings. The van der Waals surface area contributed by atoms with Crippen LogP contribution in [0.1, 0.15) is 37.7 Å². The van der Waals surface area contributed by atoms with Gasteiger partial charge < -0.3 is 5.73 Å². The van der Waals surface area contributed by atoms with Crippen LogP contribution >= 0.6 is 0 Å². The molecule has 1 aliphatic carbocycles. The highest BCUT2D eigenvalue weighted by molar-refractivity contribution is 5.40. The Balaban J connectivity index is 2.19. The molecular weight excluding hydrogens is 208 g/mol. The molecule has 16 heavy (non-hydrogen) atoms. The second-order valence-corrected chi connectivity index (χ2v) is 4.58. The number of anilines is 1. The highest BCUT2D eigenvalue weighted by Gasteiger charge is 2.41. The van der Waals surface area contributed by atoms with E-state index in [1.165, 1.54) is 12.1 Å². The van der Waals surface area contributed by atoms with Crippen LogP contribution in [0, 0.1) is 5.92 Å². The van der Waals surface area contributed by atoms with E-state index in [1.54, 1.807) is 12.1 Å². The van der Waals surface area contributed by atoms with Gasteiger partial charge in [-0.2, -0.15) is 0 Å². The number of rotatable bonds is 2. The van der Waals surface area contributed by atoms with E-state index in [-0.39, 0.29) is 5.56 Å². The normalized spacial score (nSPS) is 18.6. The average molecular weight is 225 g/mol. The molecule has 0 aromatic heterocycles. The van der Waals surface area contributed by atoms with Crippen molar-refractivity contribution in [1.82, 2.24) is 0 Å². The summed E-state index contributed by atoms with van der Waals surface area (Å²) in [5, 5.41) is 0. The highest BCUT2D eigenvalue weighted by Crippen LogP contribution is 2.43. The summed E-state index contributed by atoms with van der Waals surface area (Å²) in [6.45, 7) is 0. The third kappa shape index (κ3) is 2.18. The fourth-order valence-corrected chi connectivity index (χ4v) is 2.41. The fraction of sp³-hybridized carbons (Fsp3) is 0.538. The average Bonchev–Trinajstić information content (AvgIpc) is 2.31. The number of hydrogen-bond acceptors (Lipinski definition) is 1. The first-order valence-electron chi connectivity index (χ1n) is 5.84. The van der Waals surface area contributed by atoms with Crippen molar-refractivity contribution in [2.24, 2.45) is 5.92 Å². The van der Waals surface area contributed by atoms with Gasteiger partial charge in [0.15, 0.2) is 0 Å². The Morgan fingerprint density at radius 3 is 2.12 bits per heavy atom. The lowest BCUT2D eigenvalue weighted by Crippen LogP contribution is -2.27. The molecule has 1 aliphatic rings. The van der Waals surface area contributed by atoms with Gasteiger partial charge in [0.2, 0.25) is 0 Å². The van der Waals surface area contributed by atoms with E-state index in [0.717, 1.165) is 19.3 Å². The Kier molecular flexibility index (Phi) is 3.13. The largest absolute Gasteiger partial charge is 0.399 e. The van der Waals surface area contributed by atoms with Gasteiger partial charge in [-0.15, -0.1) is 0 Å². The Bertz CT molecular complexity index is 339. The molecule has 0 unspecified atom stereocenters. The molecule has 3 heteroatoms. The number of alkyl halides is 2. The zero-order valence-corrected chi connectivity index (χ0v) is 9.26. The minimum Gasteiger partial charge on any atom is -0.399 e. The molecule has 1 nitrogen and oxygen atoms in total. The van der Waals surface area contributed by atoms with Gasteiger partial charge in [0.05, 0.1) is 0 Å². The Morgan fingerprint density at radius 1 is 1.00 bits per heavy atom. The maximum Gasteiger partial charge on any atom is 0.276 e. The van der Waals surface area contributed by atoms with Crippen LogP contribution in [0.3, 0.4) is 0 Å². The van der Waals surface area contributed by atoms with Gasteiger partial charge in [0, 0.05) is 17.2 Å². The molecule has 0 atom stereocenters. The first kappa shape index (κ1) is 11.4. The van der Waals surface area contributed by atoms with E-state index in [9.17, 15) is 8.78 Å². The standard InChI is InChI=1S/C13H17F2N/c14-13(15,10-4-2-1-3-5-10)11-6-8-12(16)9-7-11/h6-10H,1-5,16H2. The van der Waals surface area contributed by atoms with Crippen LogP contribution in [-0.2, 0) is 5.92 Å². The van der Waals surface area contributed by atoms with Crippen LogP contribution in [0.15, 0.2) is 24.3 Å². The Morgan fingerprint density at radius 2 is 1.56 bits per heavy atom. The topological polar surface area (TPSA) is 26.0 Å². The van der Waals surface area contributed by atoms with Crippen LogP contribution in [0.4, 0.5) is 14.5 Å². The molecule has 0 saturated heterocycles. The molecule has 1 aromatic carbocycles. The third-order valence-electron chi connectivity index (χ3n) is 3.41. The lowest BCUT2D eigenvalue weighted by Gasteiger charge is -2.30.